The van der Waals surface area contributed by atoms with Crippen LogP contribution >= 0.6 is 0 Å². The summed E-state index contributed by atoms with van der Waals surface area (Å²) in [4.78, 5) is 12.9. The van der Waals surface area contributed by atoms with Gasteiger partial charge < -0.3 is 4.74 Å². The maximum atomic E-state index is 12.9. The second-order valence-electron chi connectivity index (χ2n) is 15.6. The number of fused-ring (bicyclic) bond motifs is 5. The van der Waals surface area contributed by atoms with Crippen molar-refractivity contribution in [3.05, 3.63) is 53.6 Å². The molecule has 0 bridgehead atoms. The van der Waals surface area contributed by atoms with Crippen LogP contribution in [0.1, 0.15) is 118 Å². The summed E-state index contributed by atoms with van der Waals surface area (Å²) >= 11 is 0. The van der Waals surface area contributed by atoms with Crippen molar-refractivity contribution in [2.75, 3.05) is 0 Å². The smallest absolute Gasteiger partial charge is 0.331 e. The van der Waals surface area contributed by atoms with Crippen molar-refractivity contribution in [3.63, 3.8) is 0 Å². The Morgan fingerprint density at radius 3 is 2.35 bits per heavy atom. The zero-order valence-electron chi connectivity index (χ0n) is 26.5. The fraction of sp³-hybridized carbons (Fsp3) is 0.711. The molecule has 5 rings (SSSR count). The molecule has 4 fully saturated rings. The third-order valence-electron chi connectivity index (χ3n) is 12.9. The molecule has 220 valence electrons. The summed E-state index contributed by atoms with van der Waals surface area (Å²) in [5, 5.41) is 0. The van der Waals surface area contributed by atoms with Gasteiger partial charge in [-0.25, -0.2) is 4.79 Å². The van der Waals surface area contributed by atoms with E-state index in [-0.39, 0.29) is 17.5 Å². The van der Waals surface area contributed by atoms with Gasteiger partial charge in [0.2, 0.25) is 0 Å². The SMILES string of the molecule is CC(C)=CCCC(C)C1CCC2C3CCC4C(C)(C)C(OC(=O)C=Cc5ccccc5)CCC4(C)C3CCC12C. The lowest BCUT2D eigenvalue weighted by molar-refractivity contribution is -0.194. The van der Waals surface area contributed by atoms with Gasteiger partial charge >= 0.3 is 5.97 Å². The maximum Gasteiger partial charge on any atom is 0.331 e. The molecule has 0 spiro atoms. The average Bonchev–Trinajstić information content (AvgIpc) is 3.27. The highest BCUT2D eigenvalue weighted by Gasteiger charge is 2.63. The lowest BCUT2D eigenvalue weighted by Crippen LogP contribution is -2.59. The van der Waals surface area contributed by atoms with Crippen LogP contribution in [0.25, 0.3) is 6.08 Å². The number of rotatable bonds is 7. The monoisotopic (exact) mass is 544 g/mol. The standard InChI is InChI=1S/C38H56O2/c1-26(2)12-11-13-27(3)30-18-19-31-29-17-20-33-36(4,5)34(40-35(39)21-16-28-14-9-8-10-15-28)23-25-38(33,7)32(29)22-24-37(30,31)6/h8-10,12,14-16,21,27,29-34H,11,13,17-20,22-25H2,1-7H3. The molecule has 4 saturated carbocycles. The van der Waals surface area contributed by atoms with E-state index in [1.54, 1.807) is 6.08 Å². The zero-order chi connectivity index (χ0) is 28.7. The number of hydrogen-bond acceptors (Lipinski definition) is 2. The molecule has 1 aromatic carbocycles. The van der Waals surface area contributed by atoms with Gasteiger partial charge in [0.05, 0.1) is 0 Å². The highest BCUT2D eigenvalue weighted by Crippen LogP contribution is 2.70. The summed E-state index contributed by atoms with van der Waals surface area (Å²) in [7, 11) is 0. The summed E-state index contributed by atoms with van der Waals surface area (Å²) < 4.78 is 6.20. The zero-order valence-corrected chi connectivity index (χ0v) is 26.5. The van der Waals surface area contributed by atoms with Crippen LogP contribution in [0.3, 0.4) is 0 Å². The summed E-state index contributed by atoms with van der Waals surface area (Å²) in [6, 6.07) is 10.0. The van der Waals surface area contributed by atoms with E-state index < -0.39 is 0 Å². The van der Waals surface area contributed by atoms with Crippen molar-refractivity contribution in [2.24, 2.45) is 51.8 Å². The van der Waals surface area contributed by atoms with Crippen LogP contribution in [0.15, 0.2) is 48.1 Å². The number of esters is 1. The molecular formula is C38H56O2. The largest absolute Gasteiger partial charge is 0.459 e. The highest BCUT2D eigenvalue weighted by molar-refractivity contribution is 5.87. The Labute approximate surface area is 245 Å². The predicted octanol–water partition coefficient (Wildman–Crippen LogP) is 10.3. The Morgan fingerprint density at radius 1 is 0.925 bits per heavy atom. The molecule has 40 heavy (non-hydrogen) atoms. The van der Waals surface area contributed by atoms with E-state index in [4.69, 9.17) is 4.74 Å². The predicted molar refractivity (Wildman–Crippen MR) is 168 cm³/mol. The first kappa shape index (κ1) is 29.7. The van der Waals surface area contributed by atoms with Crippen LogP contribution in [-0.4, -0.2) is 12.1 Å². The van der Waals surface area contributed by atoms with Crippen molar-refractivity contribution in [2.45, 2.75) is 119 Å². The molecule has 1 aromatic rings. The lowest BCUT2D eigenvalue weighted by Gasteiger charge is -2.65. The van der Waals surface area contributed by atoms with Gasteiger partial charge in [0, 0.05) is 11.5 Å². The summed E-state index contributed by atoms with van der Waals surface area (Å²) in [6.07, 6.45) is 19.1. The maximum absolute atomic E-state index is 12.9. The molecule has 0 aliphatic heterocycles. The second-order valence-corrected chi connectivity index (χ2v) is 15.6. The molecule has 0 saturated heterocycles. The minimum absolute atomic E-state index is 0.00132. The summed E-state index contributed by atoms with van der Waals surface area (Å²) in [5.74, 6) is 4.77. The van der Waals surface area contributed by atoms with Crippen molar-refractivity contribution in [1.29, 1.82) is 0 Å². The average molecular weight is 545 g/mol. The molecule has 2 nitrogen and oxygen atoms in total. The van der Waals surface area contributed by atoms with Crippen LogP contribution in [0.2, 0.25) is 0 Å². The lowest BCUT2D eigenvalue weighted by atomic mass is 9.41. The molecule has 9 atom stereocenters. The Balaban J connectivity index is 1.26. The van der Waals surface area contributed by atoms with Gasteiger partial charge in [-0.05, 0) is 136 Å². The number of ether oxygens (including phenoxy) is 1. The Morgan fingerprint density at radius 2 is 1.62 bits per heavy atom. The van der Waals surface area contributed by atoms with Gasteiger partial charge in [0.25, 0.3) is 0 Å². The van der Waals surface area contributed by atoms with E-state index in [0.29, 0.717) is 16.7 Å². The third kappa shape index (κ3) is 5.38. The summed E-state index contributed by atoms with van der Waals surface area (Å²) in [6.45, 7) is 17.2. The molecule has 0 heterocycles. The number of allylic oxidation sites excluding steroid dienone is 2. The van der Waals surface area contributed by atoms with Crippen LogP contribution < -0.4 is 0 Å². The number of benzene rings is 1. The molecule has 0 N–H and O–H groups in total. The topological polar surface area (TPSA) is 26.3 Å². The van der Waals surface area contributed by atoms with Gasteiger partial charge in [-0.1, -0.05) is 76.6 Å². The molecule has 4 aliphatic carbocycles. The van der Waals surface area contributed by atoms with E-state index in [0.717, 1.165) is 41.6 Å². The van der Waals surface area contributed by atoms with Crippen molar-refractivity contribution in [3.8, 4) is 0 Å². The van der Waals surface area contributed by atoms with Crippen LogP contribution in [0.4, 0.5) is 0 Å². The first-order chi connectivity index (χ1) is 19.0. The minimum atomic E-state index is -0.191. The number of carbonyl (C=O) groups excluding carboxylic acids is 1. The highest BCUT2D eigenvalue weighted by atomic mass is 16.5. The van der Waals surface area contributed by atoms with Crippen molar-refractivity contribution < 1.29 is 9.53 Å². The van der Waals surface area contributed by atoms with Gasteiger partial charge in [0.15, 0.2) is 0 Å². The molecule has 4 aliphatic rings. The third-order valence-corrected chi connectivity index (χ3v) is 12.9. The molecule has 0 aromatic heterocycles. The fourth-order valence-corrected chi connectivity index (χ4v) is 11.0. The first-order valence-corrected chi connectivity index (χ1v) is 16.5. The first-order valence-electron chi connectivity index (χ1n) is 16.5. The van der Waals surface area contributed by atoms with Crippen molar-refractivity contribution >= 4 is 12.0 Å². The van der Waals surface area contributed by atoms with Gasteiger partial charge in [-0.15, -0.1) is 0 Å². The Hall–Kier alpha value is -1.83. The van der Waals surface area contributed by atoms with Crippen LogP contribution in [-0.2, 0) is 9.53 Å². The van der Waals surface area contributed by atoms with Gasteiger partial charge in [-0.2, -0.15) is 0 Å². The van der Waals surface area contributed by atoms with Gasteiger partial charge in [-0.3, -0.25) is 0 Å². The molecule has 0 radical (unpaired) electrons. The summed E-state index contributed by atoms with van der Waals surface area (Å²) in [5.41, 5.74) is 3.40. The second kappa shape index (κ2) is 11.4. The van der Waals surface area contributed by atoms with Crippen LogP contribution in [0, 0.1) is 51.8 Å². The van der Waals surface area contributed by atoms with E-state index in [1.165, 1.54) is 63.4 Å². The normalized spacial score (nSPS) is 39.1. The van der Waals surface area contributed by atoms with Crippen molar-refractivity contribution in [1.82, 2.24) is 0 Å². The number of hydrogen-bond donors (Lipinski definition) is 0. The van der Waals surface area contributed by atoms with Gasteiger partial charge in [0.1, 0.15) is 6.10 Å². The number of carbonyl (C=O) groups is 1. The van der Waals surface area contributed by atoms with E-state index in [2.05, 4.69) is 54.5 Å². The fourth-order valence-electron chi connectivity index (χ4n) is 11.0. The van der Waals surface area contributed by atoms with E-state index in [9.17, 15) is 4.79 Å². The van der Waals surface area contributed by atoms with E-state index >= 15 is 0 Å². The molecule has 9 unspecified atom stereocenters. The van der Waals surface area contributed by atoms with Crippen LogP contribution in [0.5, 0.6) is 0 Å². The molecule has 2 heteroatoms. The Kier molecular flexibility index (Phi) is 8.49. The molecular weight excluding hydrogens is 488 g/mol. The molecule has 0 amide bonds. The Bertz CT molecular complexity index is 1090. The minimum Gasteiger partial charge on any atom is -0.459 e. The van der Waals surface area contributed by atoms with E-state index in [1.807, 2.05) is 36.4 Å². The quantitative estimate of drug-likeness (QED) is 0.194.